The number of amides is 2. The van der Waals surface area contributed by atoms with Gasteiger partial charge >= 0.3 is 0 Å². The number of nitrogens with zero attached hydrogens (tertiary/aromatic N) is 3. The molecule has 178 valence electrons. The predicted molar refractivity (Wildman–Crippen MR) is 127 cm³/mol. The third-order valence-corrected chi connectivity index (χ3v) is 8.04. The van der Waals surface area contributed by atoms with Crippen molar-refractivity contribution in [2.24, 2.45) is 28.6 Å². The standard InChI is InChI=1S/C26H47N3O2/c1-25(2,3)22-9-7-21(8-10-22)23(30)28-17-15-27(16-18-28)19-20-11-13-29(14-12-20)24(31)26(4,5)6/h20-22H,7-19H2,1-6H3. The van der Waals surface area contributed by atoms with Gasteiger partial charge in [0.25, 0.3) is 0 Å². The summed E-state index contributed by atoms with van der Waals surface area (Å²) in [6.07, 6.45) is 6.78. The summed E-state index contributed by atoms with van der Waals surface area (Å²) in [6.45, 7) is 19.8. The maximum Gasteiger partial charge on any atom is 0.227 e. The highest BCUT2D eigenvalue weighted by Crippen LogP contribution is 2.40. The Bertz CT molecular complexity index is 610. The summed E-state index contributed by atoms with van der Waals surface area (Å²) in [6, 6.07) is 0. The first-order valence-corrected chi connectivity index (χ1v) is 12.8. The van der Waals surface area contributed by atoms with Crippen LogP contribution in [-0.2, 0) is 9.59 Å². The quantitative estimate of drug-likeness (QED) is 0.668. The largest absolute Gasteiger partial charge is 0.342 e. The van der Waals surface area contributed by atoms with Crippen molar-refractivity contribution in [1.82, 2.24) is 14.7 Å². The Morgan fingerprint density at radius 2 is 1.26 bits per heavy atom. The van der Waals surface area contributed by atoms with E-state index in [4.69, 9.17) is 0 Å². The van der Waals surface area contributed by atoms with Crippen LogP contribution in [0.4, 0.5) is 0 Å². The molecule has 0 radical (unpaired) electrons. The van der Waals surface area contributed by atoms with Crippen molar-refractivity contribution >= 4 is 11.8 Å². The van der Waals surface area contributed by atoms with Gasteiger partial charge in [0.15, 0.2) is 0 Å². The monoisotopic (exact) mass is 433 g/mol. The van der Waals surface area contributed by atoms with E-state index in [2.05, 4.69) is 35.5 Å². The summed E-state index contributed by atoms with van der Waals surface area (Å²) >= 11 is 0. The number of hydrogen-bond donors (Lipinski definition) is 0. The summed E-state index contributed by atoms with van der Waals surface area (Å²) in [7, 11) is 0. The van der Waals surface area contributed by atoms with Crippen LogP contribution < -0.4 is 0 Å². The summed E-state index contributed by atoms with van der Waals surface area (Å²) in [4.78, 5) is 32.3. The second-order valence-electron chi connectivity index (χ2n) is 12.5. The second kappa shape index (κ2) is 9.80. The summed E-state index contributed by atoms with van der Waals surface area (Å²) in [5.41, 5.74) is 0.0948. The molecular formula is C26H47N3O2. The number of likely N-dealkylation sites (tertiary alicyclic amines) is 1. The molecule has 0 aromatic rings. The molecule has 2 heterocycles. The van der Waals surface area contributed by atoms with Gasteiger partial charge in [-0.15, -0.1) is 0 Å². The van der Waals surface area contributed by atoms with Gasteiger partial charge in [-0.3, -0.25) is 14.5 Å². The van der Waals surface area contributed by atoms with Crippen molar-refractivity contribution in [2.75, 3.05) is 45.8 Å². The first kappa shape index (κ1) is 24.5. The van der Waals surface area contributed by atoms with Crippen molar-refractivity contribution < 1.29 is 9.59 Å². The van der Waals surface area contributed by atoms with Crippen LogP contribution in [0, 0.1) is 28.6 Å². The Labute approximate surface area is 190 Å². The molecule has 3 fully saturated rings. The van der Waals surface area contributed by atoms with E-state index in [0.717, 1.165) is 77.4 Å². The molecule has 3 aliphatic rings. The fourth-order valence-electron chi connectivity index (χ4n) is 5.77. The third kappa shape index (κ3) is 6.46. The van der Waals surface area contributed by atoms with Crippen molar-refractivity contribution in [3.8, 4) is 0 Å². The number of piperazine rings is 1. The number of hydrogen-bond acceptors (Lipinski definition) is 3. The molecule has 0 spiro atoms. The molecule has 2 saturated heterocycles. The van der Waals surface area contributed by atoms with E-state index in [0.29, 0.717) is 17.2 Å². The van der Waals surface area contributed by atoms with Crippen LogP contribution in [0.1, 0.15) is 80.1 Å². The van der Waals surface area contributed by atoms with Gasteiger partial charge in [-0.25, -0.2) is 0 Å². The highest BCUT2D eigenvalue weighted by atomic mass is 16.2. The lowest BCUT2D eigenvalue weighted by molar-refractivity contribution is -0.141. The molecule has 2 aliphatic heterocycles. The Balaban J connectivity index is 1.37. The van der Waals surface area contributed by atoms with Crippen LogP contribution in [-0.4, -0.2) is 72.3 Å². The van der Waals surface area contributed by atoms with Crippen LogP contribution in [0.15, 0.2) is 0 Å². The highest BCUT2D eigenvalue weighted by molar-refractivity contribution is 5.81. The zero-order valence-corrected chi connectivity index (χ0v) is 21.1. The Kier molecular flexibility index (Phi) is 7.76. The number of carbonyl (C=O) groups excluding carboxylic acids is 2. The molecule has 1 saturated carbocycles. The van der Waals surface area contributed by atoms with Gasteiger partial charge in [0, 0.05) is 57.1 Å². The summed E-state index contributed by atoms with van der Waals surface area (Å²) in [5.74, 6) is 2.41. The van der Waals surface area contributed by atoms with E-state index in [-0.39, 0.29) is 17.2 Å². The van der Waals surface area contributed by atoms with Gasteiger partial charge in [0.2, 0.25) is 11.8 Å². The van der Waals surface area contributed by atoms with E-state index in [9.17, 15) is 9.59 Å². The van der Waals surface area contributed by atoms with Crippen LogP contribution in [0.5, 0.6) is 0 Å². The number of rotatable bonds is 3. The first-order chi connectivity index (χ1) is 14.4. The van der Waals surface area contributed by atoms with Crippen molar-refractivity contribution in [3.05, 3.63) is 0 Å². The zero-order valence-electron chi connectivity index (χ0n) is 21.1. The number of piperidine rings is 1. The van der Waals surface area contributed by atoms with Crippen LogP contribution in [0.3, 0.4) is 0 Å². The molecule has 0 aromatic carbocycles. The maximum absolute atomic E-state index is 13.1. The normalized spacial score (nSPS) is 27.4. The zero-order chi connectivity index (χ0) is 22.8. The average Bonchev–Trinajstić information content (AvgIpc) is 2.73. The van der Waals surface area contributed by atoms with E-state index < -0.39 is 0 Å². The molecule has 0 atom stereocenters. The average molecular weight is 434 g/mol. The lowest BCUT2D eigenvalue weighted by atomic mass is 9.69. The van der Waals surface area contributed by atoms with E-state index in [1.165, 1.54) is 12.8 Å². The highest BCUT2D eigenvalue weighted by Gasteiger charge is 2.35. The fourth-order valence-corrected chi connectivity index (χ4v) is 5.77. The smallest absolute Gasteiger partial charge is 0.227 e. The Morgan fingerprint density at radius 3 is 1.74 bits per heavy atom. The fraction of sp³-hybridized carbons (Fsp3) is 0.923. The summed E-state index contributed by atoms with van der Waals surface area (Å²) < 4.78 is 0. The lowest BCUT2D eigenvalue weighted by Gasteiger charge is -2.41. The van der Waals surface area contributed by atoms with Gasteiger partial charge < -0.3 is 9.80 Å². The van der Waals surface area contributed by atoms with Crippen LogP contribution >= 0.6 is 0 Å². The molecule has 5 heteroatoms. The van der Waals surface area contributed by atoms with Gasteiger partial charge in [-0.05, 0) is 55.8 Å². The molecule has 0 aromatic heterocycles. The maximum atomic E-state index is 13.1. The van der Waals surface area contributed by atoms with E-state index in [1.807, 2.05) is 20.8 Å². The topological polar surface area (TPSA) is 43.9 Å². The predicted octanol–water partition coefficient (Wildman–Crippen LogP) is 4.27. The minimum Gasteiger partial charge on any atom is -0.342 e. The van der Waals surface area contributed by atoms with Crippen molar-refractivity contribution in [3.63, 3.8) is 0 Å². The Morgan fingerprint density at radius 1 is 0.710 bits per heavy atom. The molecule has 31 heavy (non-hydrogen) atoms. The lowest BCUT2D eigenvalue weighted by Crippen LogP contribution is -2.52. The van der Waals surface area contributed by atoms with Gasteiger partial charge in [0.1, 0.15) is 0 Å². The molecule has 0 unspecified atom stereocenters. The molecule has 1 aliphatic carbocycles. The SMILES string of the molecule is CC(C)(C)C(=O)N1CCC(CN2CCN(C(=O)C3CCC(C(C)(C)C)CC3)CC2)CC1. The van der Waals surface area contributed by atoms with E-state index >= 15 is 0 Å². The van der Waals surface area contributed by atoms with Gasteiger partial charge in [0.05, 0.1) is 0 Å². The minimum absolute atomic E-state index is 0.259. The first-order valence-electron chi connectivity index (χ1n) is 12.8. The Hall–Kier alpha value is -1.10. The minimum atomic E-state index is -0.276. The number of carbonyl (C=O) groups is 2. The van der Waals surface area contributed by atoms with Gasteiger partial charge in [-0.2, -0.15) is 0 Å². The molecule has 0 N–H and O–H groups in total. The van der Waals surface area contributed by atoms with Gasteiger partial charge in [-0.1, -0.05) is 41.5 Å². The van der Waals surface area contributed by atoms with Crippen molar-refractivity contribution in [1.29, 1.82) is 0 Å². The third-order valence-electron chi connectivity index (χ3n) is 8.04. The molecule has 2 amide bonds. The molecular weight excluding hydrogens is 386 g/mol. The van der Waals surface area contributed by atoms with Crippen molar-refractivity contribution in [2.45, 2.75) is 80.1 Å². The van der Waals surface area contributed by atoms with Crippen LogP contribution in [0.2, 0.25) is 0 Å². The molecule has 3 rings (SSSR count). The van der Waals surface area contributed by atoms with Crippen LogP contribution in [0.25, 0.3) is 0 Å². The second-order valence-corrected chi connectivity index (χ2v) is 12.5. The molecule has 0 bridgehead atoms. The van der Waals surface area contributed by atoms with E-state index in [1.54, 1.807) is 0 Å². The molecule has 5 nitrogen and oxygen atoms in total. The summed E-state index contributed by atoms with van der Waals surface area (Å²) in [5, 5.41) is 0.